The van der Waals surface area contributed by atoms with Crippen molar-refractivity contribution in [1.82, 2.24) is 4.98 Å². The Morgan fingerprint density at radius 1 is 1.13 bits per heavy atom. The maximum absolute atomic E-state index is 12.2. The van der Waals surface area contributed by atoms with Crippen LogP contribution in [0.4, 0.5) is 19.0 Å². The maximum atomic E-state index is 12.2. The van der Waals surface area contributed by atoms with Gasteiger partial charge in [0.15, 0.2) is 0 Å². The molecule has 0 fully saturated rings. The molecule has 0 atom stereocenters. The van der Waals surface area contributed by atoms with Gasteiger partial charge in [-0.15, -0.1) is 0 Å². The molecule has 0 radical (unpaired) electrons. The quantitative estimate of drug-likeness (QED) is 0.782. The van der Waals surface area contributed by atoms with Crippen LogP contribution in [-0.2, 0) is 6.18 Å². The Hall–Kier alpha value is -1.26. The lowest BCUT2D eigenvalue weighted by atomic mass is 10.1. The van der Waals surface area contributed by atoms with Gasteiger partial charge in [-0.25, -0.2) is 4.98 Å². The summed E-state index contributed by atoms with van der Waals surface area (Å²) in [6.45, 7) is 5.73. The molecule has 1 aromatic heterocycles. The molecule has 0 unspecified atom stereocenters. The van der Waals surface area contributed by atoms with E-state index in [2.05, 4.69) is 10.3 Å². The molecule has 0 saturated carbocycles. The molecule has 0 aliphatic carbocycles. The lowest BCUT2D eigenvalue weighted by Gasteiger charge is -2.21. The fraction of sp³-hybridized carbons (Fsp3) is 0.500. The number of halogens is 3. The zero-order chi connectivity index (χ0) is 11.7. The molecule has 0 aliphatic rings. The average Bonchev–Trinajstić information content (AvgIpc) is 2.00. The molecule has 0 amide bonds. The summed E-state index contributed by atoms with van der Waals surface area (Å²) >= 11 is 0. The number of alkyl halides is 3. The van der Waals surface area contributed by atoms with E-state index in [1.165, 1.54) is 6.07 Å². The van der Waals surface area contributed by atoms with Gasteiger partial charge in [0.1, 0.15) is 5.82 Å². The van der Waals surface area contributed by atoms with Crippen molar-refractivity contribution in [2.24, 2.45) is 0 Å². The van der Waals surface area contributed by atoms with Gasteiger partial charge < -0.3 is 5.32 Å². The number of hydrogen-bond acceptors (Lipinski definition) is 2. The Kier molecular flexibility index (Phi) is 2.93. The first-order valence-corrected chi connectivity index (χ1v) is 4.50. The van der Waals surface area contributed by atoms with Crippen LogP contribution in [0.1, 0.15) is 26.3 Å². The lowest BCUT2D eigenvalue weighted by molar-refractivity contribution is -0.137. The smallest absolute Gasteiger partial charge is 0.365 e. The molecule has 0 aromatic carbocycles. The summed E-state index contributed by atoms with van der Waals surface area (Å²) in [4.78, 5) is 3.70. The van der Waals surface area contributed by atoms with Gasteiger partial charge in [0.2, 0.25) is 0 Å². The van der Waals surface area contributed by atoms with Crippen LogP contribution in [0.15, 0.2) is 18.3 Å². The molecule has 2 nitrogen and oxygen atoms in total. The molecule has 0 bridgehead atoms. The third-order valence-electron chi connectivity index (χ3n) is 1.59. The van der Waals surface area contributed by atoms with E-state index >= 15 is 0 Å². The van der Waals surface area contributed by atoms with Crippen LogP contribution in [0.2, 0.25) is 0 Å². The van der Waals surface area contributed by atoms with Gasteiger partial charge >= 0.3 is 6.18 Å². The predicted molar refractivity (Wildman–Crippen MR) is 52.6 cm³/mol. The second-order valence-corrected chi connectivity index (χ2v) is 4.30. The summed E-state index contributed by atoms with van der Waals surface area (Å²) in [6.07, 6.45) is -3.50. The van der Waals surface area contributed by atoms with Crippen molar-refractivity contribution in [3.8, 4) is 0 Å². The average molecular weight is 218 g/mol. The van der Waals surface area contributed by atoms with Crippen molar-refractivity contribution in [3.63, 3.8) is 0 Å². The van der Waals surface area contributed by atoms with Crippen molar-refractivity contribution >= 4 is 5.82 Å². The van der Waals surface area contributed by atoms with Crippen LogP contribution in [-0.4, -0.2) is 10.5 Å². The molecule has 0 aliphatic heterocycles. The molecule has 1 heterocycles. The van der Waals surface area contributed by atoms with Gasteiger partial charge in [0.05, 0.1) is 5.56 Å². The third kappa shape index (κ3) is 3.77. The van der Waals surface area contributed by atoms with Crippen LogP contribution >= 0.6 is 0 Å². The summed E-state index contributed by atoms with van der Waals surface area (Å²) in [7, 11) is 0. The SMILES string of the molecule is CC(C)(C)Nc1ccc(C(F)(F)F)cn1. The first-order chi connectivity index (χ1) is 6.68. The van der Waals surface area contributed by atoms with Crippen molar-refractivity contribution in [1.29, 1.82) is 0 Å². The highest BCUT2D eigenvalue weighted by Gasteiger charge is 2.30. The minimum atomic E-state index is -4.33. The Morgan fingerprint density at radius 2 is 1.73 bits per heavy atom. The Bertz CT molecular complexity index is 322. The van der Waals surface area contributed by atoms with Gasteiger partial charge in [-0.3, -0.25) is 0 Å². The van der Waals surface area contributed by atoms with Crippen molar-refractivity contribution in [3.05, 3.63) is 23.9 Å². The molecule has 84 valence electrons. The number of hydrogen-bond donors (Lipinski definition) is 1. The van der Waals surface area contributed by atoms with Crippen LogP contribution in [0.3, 0.4) is 0 Å². The summed E-state index contributed by atoms with van der Waals surface area (Å²) in [6, 6.07) is 2.34. The first-order valence-electron chi connectivity index (χ1n) is 4.50. The molecule has 0 spiro atoms. The largest absolute Gasteiger partial charge is 0.417 e. The van der Waals surface area contributed by atoms with E-state index < -0.39 is 11.7 Å². The van der Waals surface area contributed by atoms with Gasteiger partial charge in [0, 0.05) is 11.7 Å². The zero-order valence-electron chi connectivity index (χ0n) is 8.81. The molecule has 1 N–H and O–H groups in total. The number of aromatic nitrogens is 1. The number of anilines is 1. The molecule has 1 aromatic rings. The normalized spacial score (nSPS) is 12.7. The highest BCUT2D eigenvalue weighted by Crippen LogP contribution is 2.29. The van der Waals surface area contributed by atoms with E-state index in [9.17, 15) is 13.2 Å². The molecular weight excluding hydrogens is 205 g/mol. The Morgan fingerprint density at radius 3 is 2.07 bits per heavy atom. The summed E-state index contributed by atoms with van der Waals surface area (Å²) in [5.41, 5.74) is -0.950. The summed E-state index contributed by atoms with van der Waals surface area (Å²) < 4.78 is 36.6. The van der Waals surface area contributed by atoms with Gasteiger partial charge in [-0.2, -0.15) is 13.2 Å². The fourth-order valence-corrected chi connectivity index (χ4v) is 1.02. The van der Waals surface area contributed by atoms with E-state index in [0.717, 1.165) is 12.3 Å². The molecule has 15 heavy (non-hydrogen) atoms. The first kappa shape index (κ1) is 11.8. The topological polar surface area (TPSA) is 24.9 Å². The monoisotopic (exact) mass is 218 g/mol. The van der Waals surface area contributed by atoms with Crippen LogP contribution < -0.4 is 5.32 Å². The molecular formula is C10H13F3N2. The number of pyridine rings is 1. The summed E-state index contributed by atoms with van der Waals surface area (Å²) in [5, 5.41) is 2.98. The standard InChI is InChI=1S/C10H13F3N2/c1-9(2,3)15-8-5-4-7(6-14-8)10(11,12)13/h4-6H,1-3H3,(H,14,15). The number of nitrogens with one attached hydrogen (secondary N) is 1. The van der Waals surface area contributed by atoms with E-state index in [0.29, 0.717) is 5.82 Å². The summed E-state index contributed by atoms with van der Waals surface area (Å²) in [5.74, 6) is 0.440. The highest BCUT2D eigenvalue weighted by molar-refractivity contribution is 5.38. The highest BCUT2D eigenvalue weighted by atomic mass is 19.4. The zero-order valence-corrected chi connectivity index (χ0v) is 8.81. The second-order valence-electron chi connectivity index (χ2n) is 4.30. The second kappa shape index (κ2) is 3.72. The van der Waals surface area contributed by atoms with E-state index in [-0.39, 0.29) is 5.54 Å². The maximum Gasteiger partial charge on any atom is 0.417 e. The predicted octanol–water partition coefficient (Wildman–Crippen LogP) is 3.31. The van der Waals surface area contributed by atoms with Crippen LogP contribution in [0.5, 0.6) is 0 Å². The number of rotatable bonds is 1. The van der Waals surface area contributed by atoms with Gasteiger partial charge in [-0.1, -0.05) is 0 Å². The van der Waals surface area contributed by atoms with E-state index in [4.69, 9.17) is 0 Å². The Balaban J connectivity index is 2.82. The minimum Gasteiger partial charge on any atom is -0.365 e. The molecule has 5 heteroatoms. The molecule has 1 rings (SSSR count). The minimum absolute atomic E-state index is 0.216. The van der Waals surface area contributed by atoms with E-state index in [1.807, 2.05) is 20.8 Å². The molecule has 0 saturated heterocycles. The van der Waals surface area contributed by atoms with Crippen LogP contribution in [0.25, 0.3) is 0 Å². The lowest BCUT2D eigenvalue weighted by Crippen LogP contribution is -2.26. The number of nitrogens with zero attached hydrogens (tertiary/aromatic N) is 1. The van der Waals surface area contributed by atoms with Gasteiger partial charge in [-0.05, 0) is 32.9 Å². The van der Waals surface area contributed by atoms with Crippen molar-refractivity contribution < 1.29 is 13.2 Å². The third-order valence-corrected chi connectivity index (χ3v) is 1.59. The van der Waals surface area contributed by atoms with Crippen LogP contribution in [0, 0.1) is 0 Å². The van der Waals surface area contributed by atoms with E-state index in [1.54, 1.807) is 0 Å². The van der Waals surface area contributed by atoms with Crippen molar-refractivity contribution in [2.45, 2.75) is 32.5 Å². The van der Waals surface area contributed by atoms with Crippen molar-refractivity contribution in [2.75, 3.05) is 5.32 Å². The fourth-order valence-electron chi connectivity index (χ4n) is 1.02. The van der Waals surface area contributed by atoms with Gasteiger partial charge in [0.25, 0.3) is 0 Å². The Labute approximate surface area is 86.5 Å².